The molecule has 1 amide bonds. The van der Waals surface area contributed by atoms with E-state index in [1.54, 1.807) is 6.92 Å². The Kier molecular flexibility index (Phi) is 4.78. The van der Waals surface area contributed by atoms with Crippen molar-refractivity contribution in [3.8, 4) is 0 Å². The fourth-order valence-electron chi connectivity index (χ4n) is 1.90. The number of piperidine rings is 1. The van der Waals surface area contributed by atoms with E-state index in [0.717, 1.165) is 24.3 Å². The zero-order valence-electron chi connectivity index (χ0n) is 8.26. The molecule has 1 heterocycles. The molecule has 0 saturated carbocycles. The number of hydrogen-bond acceptors (Lipinski definition) is 1. The van der Waals surface area contributed by atoms with Crippen LogP contribution >= 0.6 is 15.9 Å². The third-order valence-electron chi connectivity index (χ3n) is 2.81. The van der Waals surface area contributed by atoms with Gasteiger partial charge in [-0.2, -0.15) is 0 Å². The average molecular weight is 248 g/mol. The smallest absolute Gasteiger partial charge is 0.219 e. The lowest BCUT2D eigenvalue weighted by molar-refractivity contribution is -0.130. The summed E-state index contributed by atoms with van der Waals surface area (Å²) in [5, 5.41) is 1.11. The Morgan fingerprint density at radius 1 is 1.46 bits per heavy atom. The van der Waals surface area contributed by atoms with E-state index in [2.05, 4.69) is 15.9 Å². The van der Waals surface area contributed by atoms with E-state index in [1.807, 2.05) is 4.90 Å². The van der Waals surface area contributed by atoms with Gasteiger partial charge < -0.3 is 4.90 Å². The van der Waals surface area contributed by atoms with Crippen molar-refractivity contribution in [2.75, 3.05) is 18.4 Å². The van der Waals surface area contributed by atoms with Gasteiger partial charge in [-0.25, -0.2) is 0 Å². The van der Waals surface area contributed by atoms with Crippen LogP contribution in [0.5, 0.6) is 0 Å². The molecule has 0 aliphatic carbocycles. The molecule has 0 aromatic rings. The maximum atomic E-state index is 11.0. The molecule has 0 unspecified atom stereocenters. The SMILES string of the molecule is CC(=O)N1CCC(CCCBr)CC1. The number of carbonyl (C=O) groups is 1. The van der Waals surface area contributed by atoms with Crippen LogP contribution in [-0.4, -0.2) is 29.2 Å². The number of halogens is 1. The molecule has 0 bridgehead atoms. The summed E-state index contributed by atoms with van der Waals surface area (Å²) in [5.41, 5.74) is 0. The highest BCUT2D eigenvalue weighted by atomic mass is 79.9. The van der Waals surface area contributed by atoms with Gasteiger partial charge in [0.25, 0.3) is 0 Å². The zero-order valence-corrected chi connectivity index (χ0v) is 9.85. The second kappa shape index (κ2) is 5.63. The van der Waals surface area contributed by atoms with Crippen molar-refractivity contribution in [2.24, 2.45) is 5.92 Å². The summed E-state index contributed by atoms with van der Waals surface area (Å²) in [6.45, 7) is 3.61. The number of hydrogen-bond donors (Lipinski definition) is 0. The van der Waals surface area contributed by atoms with Gasteiger partial charge in [0.05, 0.1) is 0 Å². The first-order valence-corrected chi connectivity index (χ1v) is 6.17. The minimum atomic E-state index is 0.235. The number of alkyl halides is 1. The van der Waals surface area contributed by atoms with E-state index < -0.39 is 0 Å². The van der Waals surface area contributed by atoms with Gasteiger partial charge in [-0.1, -0.05) is 15.9 Å². The Hall–Kier alpha value is -0.0500. The molecule has 0 N–H and O–H groups in total. The van der Waals surface area contributed by atoms with Crippen LogP contribution in [0.2, 0.25) is 0 Å². The Morgan fingerprint density at radius 2 is 2.08 bits per heavy atom. The van der Waals surface area contributed by atoms with Gasteiger partial charge in [-0.15, -0.1) is 0 Å². The molecule has 1 rings (SSSR count). The van der Waals surface area contributed by atoms with Gasteiger partial charge in [0.2, 0.25) is 5.91 Å². The molecule has 0 atom stereocenters. The van der Waals surface area contributed by atoms with Crippen molar-refractivity contribution in [1.29, 1.82) is 0 Å². The Labute approximate surface area is 88.8 Å². The molecule has 76 valence electrons. The van der Waals surface area contributed by atoms with Gasteiger partial charge in [0.15, 0.2) is 0 Å². The summed E-state index contributed by atoms with van der Waals surface area (Å²) in [4.78, 5) is 13.0. The molecule has 2 nitrogen and oxygen atoms in total. The molecule has 1 saturated heterocycles. The van der Waals surface area contributed by atoms with E-state index in [-0.39, 0.29) is 5.91 Å². The highest BCUT2D eigenvalue weighted by Gasteiger charge is 2.19. The van der Waals surface area contributed by atoms with Crippen molar-refractivity contribution >= 4 is 21.8 Å². The molecule has 0 aromatic heterocycles. The van der Waals surface area contributed by atoms with Crippen LogP contribution < -0.4 is 0 Å². The second-order valence-electron chi connectivity index (χ2n) is 3.78. The van der Waals surface area contributed by atoms with Gasteiger partial charge in [0, 0.05) is 25.3 Å². The first kappa shape index (κ1) is 11.0. The van der Waals surface area contributed by atoms with E-state index >= 15 is 0 Å². The average Bonchev–Trinajstić information content (AvgIpc) is 2.15. The standard InChI is InChI=1S/C10H18BrNO/c1-9(13)12-7-4-10(5-8-12)3-2-6-11/h10H,2-8H2,1H3. The van der Waals surface area contributed by atoms with Crippen LogP contribution in [0, 0.1) is 5.92 Å². The quantitative estimate of drug-likeness (QED) is 0.702. The molecule has 0 radical (unpaired) electrons. The normalized spacial score (nSPS) is 19.1. The van der Waals surface area contributed by atoms with Crippen LogP contribution in [-0.2, 0) is 4.79 Å². The minimum Gasteiger partial charge on any atom is -0.343 e. The molecule has 0 spiro atoms. The van der Waals surface area contributed by atoms with Crippen LogP contribution in [0.1, 0.15) is 32.6 Å². The predicted molar refractivity (Wildman–Crippen MR) is 58.0 cm³/mol. The minimum absolute atomic E-state index is 0.235. The zero-order chi connectivity index (χ0) is 9.68. The van der Waals surface area contributed by atoms with E-state index in [9.17, 15) is 4.79 Å². The summed E-state index contributed by atoms with van der Waals surface area (Å²) < 4.78 is 0. The number of likely N-dealkylation sites (tertiary alicyclic amines) is 1. The summed E-state index contributed by atoms with van der Waals surface area (Å²) in [6, 6.07) is 0. The van der Waals surface area contributed by atoms with Crippen LogP contribution in [0.15, 0.2) is 0 Å². The molecule has 3 heteroatoms. The first-order valence-electron chi connectivity index (χ1n) is 5.05. The molecule has 1 fully saturated rings. The summed E-state index contributed by atoms with van der Waals surface area (Å²) in [6.07, 6.45) is 4.99. The monoisotopic (exact) mass is 247 g/mol. The van der Waals surface area contributed by atoms with Crippen LogP contribution in [0.25, 0.3) is 0 Å². The molecule has 0 aromatic carbocycles. The van der Waals surface area contributed by atoms with E-state index in [4.69, 9.17) is 0 Å². The highest BCUT2D eigenvalue weighted by Crippen LogP contribution is 2.21. The summed E-state index contributed by atoms with van der Waals surface area (Å²) in [7, 11) is 0. The number of amides is 1. The van der Waals surface area contributed by atoms with Gasteiger partial charge in [-0.05, 0) is 31.6 Å². The summed E-state index contributed by atoms with van der Waals surface area (Å²) in [5.74, 6) is 1.09. The number of nitrogens with zero attached hydrogens (tertiary/aromatic N) is 1. The topological polar surface area (TPSA) is 20.3 Å². The first-order chi connectivity index (χ1) is 6.24. The molecule has 13 heavy (non-hydrogen) atoms. The lowest BCUT2D eigenvalue weighted by atomic mass is 9.92. The van der Waals surface area contributed by atoms with E-state index in [0.29, 0.717) is 0 Å². The van der Waals surface area contributed by atoms with E-state index in [1.165, 1.54) is 25.7 Å². The van der Waals surface area contributed by atoms with Crippen molar-refractivity contribution < 1.29 is 4.79 Å². The third kappa shape index (κ3) is 3.67. The number of rotatable bonds is 3. The maximum Gasteiger partial charge on any atom is 0.219 e. The molecule has 1 aliphatic rings. The fraction of sp³-hybridized carbons (Fsp3) is 0.900. The summed E-state index contributed by atoms with van der Waals surface area (Å²) >= 11 is 3.45. The van der Waals surface area contributed by atoms with Gasteiger partial charge in [0.1, 0.15) is 0 Å². The third-order valence-corrected chi connectivity index (χ3v) is 3.37. The second-order valence-corrected chi connectivity index (χ2v) is 4.57. The van der Waals surface area contributed by atoms with Gasteiger partial charge >= 0.3 is 0 Å². The predicted octanol–water partition coefficient (Wildman–Crippen LogP) is 2.42. The van der Waals surface area contributed by atoms with Crippen LogP contribution in [0.4, 0.5) is 0 Å². The Morgan fingerprint density at radius 3 is 2.54 bits per heavy atom. The largest absolute Gasteiger partial charge is 0.343 e. The van der Waals surface area contributed by atoms with Gasteiger partial charge in [-0.3, -0.25) is 4.79 Å². The Bertz CT molecular complexity index is 164. The van der Waals surface area contributed by atoms with Crippen molar-refractivity contribution in [2.45, 2.75) is 32.6 Å². The van der Waals surface area contributed by atoms with Crippen LogP contribution in [0.3, 0.4) is 0 Å². The Balaban J connectivity index is 2.18. The molecular weight excluding hydrogens is 230 g/mol. The lowest BCUT2D eigenvalue weighted by Crippen LogP contribution is -2.36. The van der Waals surface area contributed by atoms with Crippen molar-refractivity contribution in [3.63, 3.8) is 0 Å². The maximum absolute atomic E-state index is 11.0. The molecule has 1 aliphatic heterocycles. The van der Waals surface area contributed by atoms with Crippen molar-refractivity contribution in [1.82, 2.24) is 4.90 Å². The lowest BCUT2D eigenvalue weighted by Gasteiger charge is -2.31. The number of carbonyl (C=O) groups excluding carboxylic acids is 1. The molecular formula is C10H18BrNO. The highest BCUT2D eigenvalue weighted by molar-refractivity contribution is 9.09. The fourth-order valence-corrected chi connectivity index (χ4v) is 2.23. The van der Waals surface area contributed by atoms with Crippen molar-refractivity contribution in [3.05, 3.63) is 0 Å².